The highest BCUT2D eigenvalue weighted by Crippen LogP contribution is 2.24. The minimum atomic E-state index is -3.73. The first kappa shape index (κ1) is 19.6. The van der Waals surface area contributed by atoms with E-state index in [1.54, 1.807) is 30.3 Å². The Morgan fingerprint density at radius 2 is 1.75 bits per heavy atom. The Hall–Kier alpha value is -3.19. The van der Waals surface area contributed by atoms with Gasteiger partial charge in [0.1, 0.15) is 5.75 Å². The Morgan fingerprint density at radius 3 is 2.39 bits per heavy atom. The molecule has 1 aromatic heterocycles. The van der Waals surface area contributed by atoms with Crippen molar-refractivity contribution in [1.82, 2.24) is 4.98 Å². The van der Waals surface area contributed by atoms with Gasteiger partial charge < -0.3 is 10.1 Å². The van der Waals surface area contributed by atoms with Crippen molar-refractivity contribution < 1.29 is 17.9 Å². The van der Waals surface area contributed by atoms with Gasteiger partial charge in [0.25, 0.3) is 5.91 Å². The first-order valence-corrected chi connectivity index (χ1v) is 10.2. The molecular weight excluding hydrogens is 376 g/mol. The second-order valence-corrected chi connectivity index (χ2v) is 7.98. The molecule has 0 bridgehead atoms. The summed E-state index contributed by atoms with van der Waals surface area (Å²) in [5.74, 6) is 0.156. The predicted octanol–water partition coefficient (Wildman–Crippen LogP) is 3.87. The molecule has 3 rings (SSSR count). The SMILES string of the molecule is CCOc1ccccc1NC(=O)c1ccc(S(=O)(=O)c2ccc(C)cc2)nc1. The third-order valence-electron chi connectivity index (χ3n) is 4.04. The van der Waals surface area contributed by atoms with E-state index >= 15 is 0 Å². The average Bonchev–Trinajstić information content (AvgIpc) is 2.70. The molecule has 144 valence electrons. The Labute approximate surface area is 164 Å². The Morgan fingerprint density at radius 1 is 1.04 bits per heavy atom. The third-order valence-corrected chi connectivity index (χ3v) is 5.73. The molecule has 1 heterocycles. The van der Waals surface area contributed by atoms with Gasteiger partial charge >= 0.3 is 0 Å². The molecule has 7 heteroatoms. The maximum Gasteiger partial charge on any atom is 0.257 e. The molecule has 1 amide bonds. The van der Waals surface area contributed by atoms with Gasteiger partial charge in [0.2, 0.25) is 9.84 Å². The monoisotopic (exact) mass is 396 g/mol. The van der Waals surface area contributed by atoms with Crippen LogP contribution in [0.3, 0.4) is 0 Å². The van der Waals surface area contributed by atoms with Gasteiger partial charge in [-0.3, -0.25) is 4.79 Å². The number of amides is 1. The van der Waals surface area contributed by atoms with Crippen LogP contribution in [0.2, 0.25) is 0 Å². The van der Waals surface area contributed by atoms with Crippen LogP contribution in [0.4, 0.5) is 5.69 Å². The maximum absolute atomic E-state index is 12.7. The number of nitrogens with zero attached hydrogens (tertiary/aromatic N) is 1. The van der Waals surface area contributed by atoms with E-state index in [0.717, 1.165) is 5.56 Å². The lowest BCUT2D eigenvalue weighted by Crippen LogP contribution is -2.14. The standard InChI is InChI=1S/C21H20N2O4S/c1-3-27-19-7-5-4-6-18(19)23-21(24)16-10-13-20(22-14-16)28(25,26)17-11-8-15(2)9-12-17/h4-14H,3H2,1-2H3,(H,23,24). The molecule has 0 radical (unpaired) electrons. The highest BCUT2D eigenvalue weighted by Gasteiger charge is 2.20. The fourth-order valence-corrected chi connectivity index (χ4v) is 3.73. The van der Waals surface area contributed by atoms with Crippen molar-refractivity contribution in [3.8, 4) is 5.75 Å². The second-order valence-electron chi connectivity index (χ2n) is 6.08. The summed E-state index contributed by atoms with van der Waals surface area (Å²) in [5, 5.41) is 2.65. The third kappa shape index (κ3) is 4.20. The lowest BCUT2D eigenvalue weighted by molar-refractivity contribution is 0.102. The predicted molar refractivity (Wildman–Crippen MR) is 106 cm³/mol. The van der Waals surface area contributed by atoms with Crippen LogP contribution < -0.4 is 10.1 Å². The van der Waals surface area contributed by atoms with E-state index in [1.165, 1.54) is 30.5 Å². The number of aromatic nitrogens is 1. The molecule has 6 nitrogen and oxygen atoms in total. The number of benzene rings is 2. The number of rotatable bonds is 6. The Balaban J connectivity index is 1.81. The molecule has 2 aromatic carbocycles. The van der Waals surface area contributed by atoms with Crippen LogP contribution in [0, 0.1) is 6.92 Å². The summed E-state index contributed by atoms with van der Waals surface area (Å²) >= 11 is 0. The van der Waals surface area contributed by atoms with Crippen LogP contribution in [-0.4, -0.2) is 25.9 Å². The highest BCUT2D eigenvalue weighted by molar-refractivity contribution is 7.91. The molecule has 28 heavy (non-hydrogen) atoms. The van der Waals surface area contributed by atoms with Gasteiger partial charge in [-0.2, -0.15) is 0 Å². The lowest BCUT2D eigenvalue weighted by Gasteiger charge is -2.11. The quantitative estimate of drug-likeness (QED) is 0.684. The van der Waals surface area contributed by atoms with Crippen molar-refractivity contribution in [2.75, 3.05) is 11.9 Å². The molecule has 0 unspecified atom stereocenters. The minimum absolute atomic E-state index is 0.109. The molecule has 1 N–H and O–H groups in total. The van der Waals surface area contributed by atoms with Crippen LogP contribution in [0.25, 0.3) is 0 Å². The van der Waals surface area contributed by atoms with Crippen LogP contribution in [0.5, 0.6) is 5.75 Å². The smallest absolute Gasteiger partial charge is 0.257 e. The first-order valence-electron chi connectivity index (χ1n) is 8.73. The zero-order chi connectivity index (χ0) is 20.1. The largest absolute Gasteiger partial charge is 0.492 e. The van der Waals surface area contributed by atoms with E-state index in [1.807, 2.05) is 19.9 Å². The van der Waals surface area contributed by atoms with Crippen molar-refractivity contribution in [3.05, 3.63) is 78.0 Å². The van der Waals surface area contributed by atoms with Gasteiger partial charge in [0, 0.05) is 6.20 Å². The molecule has 0 saturated carbocycles. The fraction of sp³-hybridized carbons (Fsp3) is 0.143. The molecule has 3 aromatic rings. The van der Waals surface area contributed by atoms with Gasteiger partial charge in [-0.05, 0) is 50.2 Å². The number of carbonyl (C=O) groups is 1. The van der Waals surface area contributed by atoms with E-state index < -0.39 is 15.7 Å². The Kier molecular flexibility index (Phi) is 5.75. The van der Waals surface area contributed by atoms with Gasteiger partial charge in [0.05, 0.1) is 22.8 Å². The van der Waals surface area contributed by atoms with E-state index in [9.17, 15) is 13.2 Å². The number of nitrogens with one attached hydrogen (secondary N) is 1. The number of anilines is 1. The van der Waals surface area contributed by atoms with Crippen LogP contribution >= 0.6 is 0 Å². The van der Waals surface area contributed by atoms with Crippen molar-refractivity contribution in [2.24, 2.45) is 0 Å². The minimum Gasteiger partial charge on any atom is -0.492 e. The number of hydrogen-bond acceptors (Lipinski definition) is 5. The van der Waals surface area contributed by atoms with Gasteiger partial charge in [-0.1, -0.05) is 29.8 Å². The number of sulfone groups is 1. The molecule has 0 saturated heterocycles. The summed E-state index contributed by atoms with van der Waals surface area (Å²) in [6.45, 7) is 4.21. The molecule has 0 aliphatic heterocycles. The average molecular weight is 396 g/mol. The Bertz CT molecular complexity index is 1080. The number of para-hydroxylation sites is 2. The summed E-state index contributed by atoms with van der Waals surface area (Å²) in [6, 6.07) is 16.4. The summed E-state index contributed by atoms with van der Waals surface area (Å²) in [7, 11) is -3.73. The van der Waals surface area contributed by atoms with Crippen molar-refractivity contribution in [3.63, 3.8) is 0 Å². The lowest BCUT2D eigenvalue weighted by atomic mass is 10.2. The molecule has 0 aliphatic rings. The number of pyridine rings is 1. The van der Waals surface area contributed by atoms with Crippen LogP contribution in [0.15, 0.2) is 76.8 Å². The molecule has 0 atom stereocenters. The first-order chi connectivity index (χ1) is 13.4. The van der Waals surface area contributed by atoms with Crippen molar-refractivity contribution in [1.29, 1.82) is 0 Å². The second kappa shape index (κ2) is 8.22. The summed E-state index contributed by atoms with van der Waals surface area (Å²) < 4.78 is 30.8. The zero-order valence-electron chi connectivity index (χ0n) is 15.5. The summed E-state index contributed by atoms with van der Waals surface area (Å²) in [5.41, 5.74) is 1.74. The van der Waals surface area contributed by atoms with Gasteiger partial charge in [-0.25, -0.2) is 13.4 Å². The maximum atomic E-state index is 12.7. The highest BCUT2D eigenvalue weighted by atomic mass is 32.2. The van der Waals surface area contributed by atoms with E-state index in [2.05, 4.69) is 10.3 Å². The van der Waals surface area contributed by atoms with E-state index in [-0.39, 0.29) is 15.5 Å². The van der Waals surface area contributed by atoms with Crippen molar-refractivity contribution in [2.45, 2.75) is 23.8 Å². The normalized spacial score (nSPS) is 11.1. The zero-order valence-corrected chi connectivity index (χ0v) is 16.4. The number of aryl methyl sites for hydroxylation is 1. The number of hydrogen-bond donors (Lipinski definition) is 1. The fourth-order valence-electron chi connectivity index (χ4n) is 2.56. The van der Waals surface area contributed by atoms with Crippen molar-refractivity contribution >= 4 is 21.4 Å². The van der Waals surface area contributed by atoms with Gasteiger partial charge in [-0.15, -0.1) is 0 Å². The number of carbonyl (C=O) groups excluding carboxylic acids is 1. The van der Waals surface area contributed by atoms with E-state index in [4.69, 9.17) is 4.74 Å². The molecule has 0 aliphatic carbocycles. The summed E-state index contributed by atoms with van der Waals surface area (Å²) in [4.78, 5) is 16.6. The van der Waals surface area contributed by atoms with Crippen LogP contribution in [-0.2, 0) is 9.84 Å². The topological polar surface area (TPSA) is 85.4 Å². The van der Waals surface area contributed by atoms with E-state index in [0.29, 0.717) is 18.0 Å². The van der Waals surface area contributed by atoms with Crippen LogP contribution in [0.1, 0.15) is 22.8 Å². The molecule has 0 fully saturated rings. The summed E-state index contributed by atoms with van der Waals surface area (Å²) in [6.07, 6.45) is 1.25. The molecule has 0 spiro atoms. The number of ether oxygens (including phenoxy) is 1. The molecular formula is C21H20N2O4S. The van der Waals surface area contributed by atoms with Gasteiger partial charge in [0.15, 0.2) is 5.03 Å².